The molecule has 0 bridgehead atoms. The molecule has 108 valence electrons. The number of hydrogen-bond donors (Lipinski definition) is 2. The van der Waals surface area contributed by atoms with Gasteiger partial charge in [0.2, 0.25) is 0 Å². The standard InChI is InChI=1S/C16H24N4/c1-2-20(11-13-7-9-17-10-8-13)12-16-18-14-5-3-4-6-15(14)19-16/h3-6,13,17H,2,7-12H2,1H3,(H,18,19). The second kappa shape index (κ2) is 6.37. The lowest BCUT2D eigenvalue weighted by Crippen LogP contribution is -2.36. The Bertz CT molecular complexity index is 509. The Morgan fingerprint density at radius 1 is 1.25 bits per heavy atom. The summed E-state index contributed by atoms with van der Waals surface area (Å²) in [5, 5.41) is 3.44. The predicted molar refractivity (Wildman–Crippen MR) is 82.6 cm³/mol. The van der Waals surface area contributed by atoms with Crippen LogP contribution in [0.5, 0.6) is 0 Å². The fourth-order valence-electron chi connectivity index (χ4n) is 3.03. The van der Waals surface area contributed by atoms with Crippen molar-refractivity contribution in [3.05, 3.63) is 30.1 Å². The number of aromatic amines is 1. The summed E-state index contributed by atoms with van der Waals surface area (Å²) in [5.74, 6) is 1.92. The monoisotopic (exact) mass is 272 g/mol. The molecule has 0 saturated carbocycles. The molecule has 3 rings (SSSR count). The zero-order valence-electron chi connectivity index (χ0n) is 12.2. The minimum absolute atomic E-state index is 0.834. The van der Waals surface area contributed by atoms with Crippen molar-refractivity contribution >= 4 is 11.0 Å². The van der Waals surface area contributed by atoms with Gasteiger partial charge in [-0.1, -0.05) is 19.1 Å². The fourth-order valence-corrected chi connectivity index (χ4v) is 3.03. The molecule has 0 atom stereocenters. The molecule has 0 unspecified atom stereocenters. The smallest absolute Gasteiger partial charge is 0.121 e. The molecule has 0 radical (unpaired) electrons. The van der Waals surface area contributed by atoms with Gasteiger partial charge in [0, 0.05) is 6.54 Å². The Morgan fingerprint density at radius 2 is 2.05 bits per heavy atom. The average molecular weight is 272 g/mol. The summed E-state index contributed by atoms with van der Waals surface area (Å²) in [5.41, 5.74) is 2.21. The molecule has 1 aliphatic heterocycles. The van der Waals surface area contributed by atoms with Crippen LogP contribution in [0, 0.1) is 5.92 Å². The van der Waals surface area contributed by atoms with Crippen LogP contribution in [0.25, 0.3) is 11.0 Å². The van der Waals surface area contributed by atoms with Crippen molar-refractivity contribution in [1.29, 1.82) is 0 Å². The summed E-state index contributed by atoms with van der Waals surface area (Å²) in [6.07, 6.45) is 2.60. The lowest BCUT2D eigenvalue weighted by Gasteiger charge is -2.28. The highest BCUT2D eigenvalue weighted by Crippen LogP contribution is 2.16. The summed E-state index contributed by atoms with van der Waals surface area (Å²) in [4.78, 5) is 10.6. The highest BCUT2D eigenvalue weighted by Gasteiger charge is 2.17. The molecule has 1 saturated heterocycles. The van der Waals surface area contributed by atoms with Crippen LogP contribution < -0.4 is 5.32 Å². The van der Waals surface area contributed by atoms with Gasteiger partial charge in [-0.05, 0) is 50.5 Å². The van der Waals surface area contributed by atoms with Gasteiger partial charge in [-0.2, -0.15) is 0 Å². The van der Waals surface area contributed by atoms with E-state index in [1.807, 2.05) is 6.07 Å². The Hall–Kier alpha value is -1.39. The van der Waals surface area contributed by atoms with Gasteiger partial charge < -0.3 is 10.3 Å². The first kappa shape index (κ1) is 13.6. The number of hydrogen-bond acceptors (Lipinski definition) is 3. The minimum Gasteiger partial charge on any atom is -0.341 e. The molecule has 1 fully saturated rings. The Balaban J connectivity index is 1.64. The van der Waals surface area contributed by atoms with Crippen molar-refractivity contribution in [2.24, 2.45) is 5.92 Å². The van der Waals surface area contributed by atoms with Crippen molar-refractivity contribution in [2.75, 3.05) is 26.2 Å². The molecule has 2 aromatic rings. The first-order chi connectivity index (χ1) is 9.85. The van der Waals surface area contributed by atoms with E-state index in [0.717, 1.165) is 35.9 Å². The predicted octanol–water partition coefficient (Wildman–Crippen LogP) is 2.38. The fraction of sp³-hybridized carbons (Fsp3) is 0.562. The normalized spacial score (nSPS) is 17.1. The molecule has 1 aromatic heterocycles. The van der Waals surface area contributed by atoms with E-state index in [1.165, 1.54) is 32.5 Å². The second-order valence-corrected chi connectivity index (χ2v) is 5.72. The van der Waals surface area contributed by atoms with Crippen LogP contribution >= 0.6 is 0 Å². The second-order valence-electron chi connectivity index (χ2n) is 5.72. The van der Waals surface area contributed by atoms with Crippen molar-refractivity contribution in [3.63, 3.8) is 0 Å². The molecule has 20 heavy (non-hydrogen) atoms. The average Bonchev–Trinajstić information content (AvgIpc) is 2.90. The third kappa shape index (κ3) is 3.19. The number of rotatable bonds is 5. The largest absolute Gasteiger partial charge is 0.341 e. The van der Waals surface area contributed by atoms with Gasteiger partial charge in [0.25, 0.3) is 0 Å². The summed E-state index contributed by atoms with van der Waals surface area (Å²) in [7, 11) is 0. The SMILES string of the molecule is CCN(Cc1nc2ccccc2[nH]1)CC1CCNCC1. The van der Waals surface area contributed by atoms with Crippen molar-refractivity contribution in [3.8, 4) is 0 Å². The number of nitrogens with zero attached hydrogens (tertiary/aromatic N) is 2. The van der Waals surface area contributed by atoms with Gasteiger partial charge in [0.05, 0.1) is 17.6 Å². The first-order valence-electron chi connectivity index (χ1n) is 7.72. The molecule has 4 heteroatoms. The van der Waals surface area contributed by atoms with Crippen LogP contribution in [0.2, 0.25) is 0 Å². The van der Waals surface area contributed by atoms with E-state index in [-0.39, 0.29) is 0 Å². The van der Waals surface area contributed by atoms with Gasteiger partial charge in [0.1, 0.15) is 5.82 Å². The number of H-pyrrole nitrogens is 1. The summed E-state index contributed by atoms with van der Waals surface area (Å²) >= 11 is 0. The Labute approximate surface area is 120 Å². The zero-order valence-corrected chi connectivity index (χ0v) is 12.2. The number of benzene rings is 1. The van der Waals surface area contributed by atoms with Crippen LogP contribution in [-0.4, -0.2) is 41.0 Å². The van der Waals surface area contributed by atoms with E-state index >= 15 is 0 Å². The molecule has 0 amide bonds. The molecular weight excluding hydrogens is 248 g/mol. The molecule has 0 aliphatic carbocycles. The molecule has 1 aliphatic rings. The van der Waals surface area contributed by atoms with E-state index < -0.39 is 0 Å². The van der Waals surface area contributed by atoms with Crippen molar-refractivity contribution in [2.45, 2.75) is 26.3 Å². The van der Waals surface area contributed by atoms with Gasteiger partial charge in [-0.25, -0.2) is 4.98 Å². The van der Waals surface area contributed by atoms with E-state index in [0.29, 0.717) is 0 Å². The quantitative estimate of drug-likeness (QED) is 0.878. The summed E-state index contributed by atoms with van der Waals surface area (Å²) in [6.45, 7) is 7.79. The maximum Gasteiger partial charge on any atom is 0.121 e. The molecule has 1 aromatic carbocycles. The van der Waals surface area contributed by atoms with Gasteiger partial charge in [-0.15, -0.1) is 0 Å². The van der Waals surface area contributed by atoms with E-state index in [9.17, 15) is 0 Å². The maximum atomic E-state index is 4.68. The van der Waals surface area contributed by atoms with Crippen LogP contribution in [0.1, 0.15) is 25.6 Å². The molecule has 2 N–H and O–H groups in total. The molecule has 4 nitrogen and oxygen atoms in total. The number of aromatic nitrogens is 2. The molecule has 2 heterocycles. The minimum atomic E-state index is 0.834. The number of imidazole rings is 1. The highest BCUT2D eigenvalue weighted by atomic mass is 15.1. The Morgan fingerprint density at radius 3 is 2.80 bits per heavy atom. The number of fused-ring (bicyclic) bond motifs is 1. The topological polar surface area (TPSA) is 44.0 Å². The maximum absolute atomic E-state index is 4.68. The first-order valence-corrected chi connectivity index (χ1v) is 7.72. The van der Waals surface area contributed by atoms with Crippen LogP contribution in [0.15, 0.2) is 24.3 Å². The summed E-state index contributed by atoms with van der Waals surface area (Å²) in [6, 6.07) is 8.25. The third-order valence-corrected chi connectivity index (χ3v) is 4.23. The van der Waals surface area contributed by atoms with E-state index in [2.05, 4.69) is 45.3 Å². The number of piperidine rings is 1. The zero-order chi connectivity index (χ0) is 13.8. The lowest BCUT2D eigenvalue weighted by atomic mass is 9.97. The lowest BCUT2D eigenvalue weighted by molar-refractivity contribution is 0.204. The number of para-hydroxylation sites is 2. The van der Waals surface area contributed by atoms with Crippen LogP contribution in [-0.2, 0) is 6.54 Å². The van der Waals surface area contributed by atoms with Gasteiger partial charge in [0.15, 0.2) is 0 Å². The molecule has 0 spiro atoms. The third-order valence-electron chi connectivity index (χ3n) is 4.23. The van der Waals surface area contributed by atoms with Gasteiger partial charge in [-0.3, -0.25) is 4.90 Å². The highest BCUT2D eigenvalue weighted by molar-refractivity contribution is 5.74. The van der Waals surface area contributed by atoms with E-state index in [4.69, 9.17) is 0 Å². The van der Waals surface area contributed by atoms with Crippen molar-refractivity contribution in [1.82, 2.24) is 20.2 Å². The van der Waals surface area contributed by atoms with Gasteiger partial charge >= 0.3 is 0 Å². The summed E-state index contributed by atoms with van der Waals surface area (Å²) < 4.78 is 0. The van der Waals surface area contributed by atoms with E-state index in [1.54, 1.807) is 0 Å². The molecular formula is C16H24N4. The Kier molecular flexibility index (Phi) is 4.33. The number of nitrogens with one attached hydrogen (secondary N) is 2. The van der Waals surface area contributed by atoms with Crippen LogP contribution in [0.3, 0.4) is 0 Å². The van der Waals surface area contributed by atoms with Crippen molar-refractivity contribution < 1.29 is 0 Å². The van der Waals surface area contributed by atoms with Crippen LogP contribution in [0.4, 0.5) is 0 Å².